The first-order valence-corrected chi connectivity index (χ1v) is 8.74. The number of rotatable bonds is 3. The number of aliphatic hydroxyl groups excluding tert-OH is 1. The van der Waals surface area contributed by atoms with Crippen molar-refractivity contribution < 1.29 is 9.50 Å². The highest BCUT2D eigenvalue weighted by Gasteiger charge is 2.28. The van der Waals surface area contributed by atoms with Crippen LogP contribution in [0.5, 0.6) is 0 Å². The molecule has 138 valence electrons. The van der Waals surface area contributed by atoms with Crippen LogP contribution in [-0.2, 0) is 6.54 Å². The second-order valence-electron chi connectivity index (χ2n) is 6.75. The predicted octanol–water partition coefficient (Wildman–Crippen LogP) is 1.39. The van der Waals surface area contributed by atoms with E-state index in [4.69, 9.17) is 11.0 Å². The van der Waals surface area contributed by atoms with E-state index in [1.165, 1.54) is 18.3 Å². The monoisotopic (exact) mass is 366 g/mol. The molecule has 0 saturated carbocycles. The number of hydrogen-bond donors (Lipinski definition) is 2. The zero-order valence-corrected chi connectivity index (χ0v) is 14.6. The second-order valence-corrected chi connectivity index (χ2v) is 6.75. The van der Waals surface area contributed by atoms with Crippen molar-refractivity contribution in [1.82, 2.24) is 14.5 Å². The molecule has 0 spiro atoms. The van der Waals surface area contributed by atoms with Gasteiger partial charge in [-0.25, -0.2) is 9.37 Å². The van der Waals surface area contributed by atoms with Crippen molar-refractivity contribution in [2.45, 2.75) is 25.1 Å². The van der Waals surface area contributed by atoms with Crippen LogP contribution < -0.4 is 10.6 Å². The minimum atomic E-state index is -0.531. The van der Waals surface area contributed by atoms with Gasteiger partial charge in [-0.15, -0.1) is 0 Å². The number of nitriles is 1. The first-order valence-electron chi connectivity index (χ1n) is 8.74. The van der Waals surface area contributed by atoms with E-state index in [-0.39, 0.29) is 11.9 Å². The summed E-state index contributed by atoms with van der Waals surface area (Å²) in [6, 6.07) is 9.70. The van der Waals surface area contributed by atoms with Crippen LogP contribution in [0.3, 0.4) is 0 Å². The van der Waals surface area contributed by atoms with Gasteiger partial charge in [-0.05, 0) is 30.7 Å². The highest BCUT2D eigenvalue weighted by atomic mass is 19.1. The molecule has 1 aliphatic rings. The first kappa shape index (κ1) is 17.4. The van der Waals surface area contributed by atoms with Gasteiger partial charge in [0.05, 0.1) is 34.9 Å². The highest BCUT2D eigenvalue weighted by Crippen LogP contribution is 2.26. The Bertz CT molecular complexity index is 1010. The van der Waals surface area contributed by atoms with E-state index in [0.29, 0.717) is 43.1 Å². The molecule has 2 aromatic heterocycles. The zero-order chi connectivity index (χ0) is 19.0. The van der Waals surface area contributed by atoms with Crippen LogP contribution in [0.2, 0.25) is 0 Å². The van der Waals surface area contributed by atoms with Crippen LogP contribution in [0.15, 0.2) is 36.5 Å². The number of halogens is 1. The fourth-order valence-electron chi connectivity index (χ4n) is 3.38. The molecule has 1 aliphatic heterocycles. The molecule has 2 atom stereocenters. The van der Waals surface area contributed by atoms with Gasteiger partial charge in [-0.2, -0.15) is 5.26 Å². The maximum atomic E-state index is 13.7. The molecule has 3 N–H and O–H groups in total. The van der Waals surface area contributed by atoms with E-state index >= 15 is 0 Å². The summed E-state index contributed by atoms with van der Waals surface area (Å²) in [7, 11) is 0. The summed E-state index contributed by atoms with van der Waals surface area (Å²) >= 11 is 0. The van der Waals surface area contributed by atoms with E-state index in [0.717, 1.165) is 11.2 Å². The smallest absolute Gasteiger partial charge is 0.206 e. The maximum Gasteiger partial charge on any atom is 0.206 e. The van der Waals surface area contributed by atoms with Gasteiger partial charge >= 0.3 is 0 Å². The number of nitrogens with two attached hydrogens (primary N) is 1. The summed E-state index contributed by atoms with van der Waals surface area (Å²) in [6.45, 7) is 1.51. The number of piperidine rings is 1. The van der Waals surface area contributed by atoms with E-state index in [1.54, 1.807) is 18.2 Å². The lowest BCUT2D eigenvalue weighted by Crippen LogP contribution is -2.52. The van der Waals surface area contributed by atoms with Gasteiger partial charge in [-0.1, -0.05) is 0 Å². The fourth-order valence-corrected chi connectivity index (χ4v) is 3.38. The van der Waals surface area contributed by atoms with Gasteiger partial charge in [0.1, 0.15) is 11.9 Å². The third kappa shape index (κ3) is 3.35. The zero-order valence-electron chi connectivity index (χ0n) is 14.6. The molecule has 0 radical (unpaired) electrons. The molecule has 1 saturated heterocycles. The van der Waals surface area contributed by atoms with Crippen LogP contribution in [0, 0.1) is 17.1 Å². The lowest BCUT2D eigenvalue weighted by atomic mass is 10.0. The Kier molecular flexibility index (Phi) is 4.48. The molecule has 1 fully saturated rings. The average Bonchev–Trinajstić information content (AvgIpc) is 3.02. The molecule has 0 aliphatic carbocycles. The molecule has 27 heavy (non-hydrogen) atoms. The Balaban J connectivity index is 1.75. The van der Waals surface area contributed by atoms with Crippen molar-refractivity contribution in [2.75, 3.05) is 18.0 Å². The molecular weight excluding hydrogens is 347 g/mol. The fraction of sp³-hybridized carbons (Fsp3) is 0.316. The quantitative estimate of drug-likeness (QED) is 0.726. The Labute approximate surface area is 155 Å². The molecule has 3 heterocycles. The molecule has 0 bridgehead atoms. The molecule has 3 aromatic rings. The summed E-state index contributed by atoms with van der Waals surface area (Å²) in [4.78, 5) is 11.0. The van der Waals surface area contributed by atoms with Crippen molar-refractivity contribution in [1.29, 1.82) is 5.26 Å². The molecule has 8 heteroatoms. The van der Waals surface area contributed by atoms with E-state index in [2.05, 4.69) is 16.0 Å². The maximum absolute atomic E-state index is 13.7. The predicted molar refractivity (Wildman–Crippen MR) is 98.6 cm³/mol. The SMILES string of the molecule is N#Cc1ccc(Cn2c(N3CC[C@H](O)[C@H](N)C3)nc3cc(F)ccc32)nc1. The van der Waals surface area contributed by atoms with Gasteiger partial charge < -0.3 is 20.3 Å². The van der Waals surface area contributed by atoms with E-state index < -0.39 is 6.10 Å². The van der Waals surface area contributed by atoms with Crippen LogP contribution in [0.4, 0.5) is 10.3 Å². The number of pyridine rings is 1. The summed E-state index contributed by atoms with van der Waals surface area (Å²) in [5, 5.41) is 18.8. The number of aliphatic hydroxyl groups is 1. The van der Waals surface area contributed by atoms with Gasteiger partial charge in [0.25, 0.3) is 0 Å². The number of nitrogens with zero attached hydrogens (tertiary/aromatic N) is 5. The number of aromatic nitrogens is 3. The highest BCUT2D eigenvalue weighted by molar-refractivity contribution is 5.79. The third-order valence-corrected chi connectivity index (χ3v) is 4.87. The minimum absolute atomic E-state index is 0.346. The number of benzene rings is 1. The number of fused-ring (bicyclic) bond motifs is 1. The molecule has 0 unspecified atom stereocenters. The van der Waals surface area contributed by atoms with Crippen molar-refractivity contribution in [3.8, 4) is 6.07 Å². The summed E-state index contributed by atoms with van der Waals surface area (Å²) in [5.74, 6) is 0.324. The van der Waals surface area contributed by atoms with Gasteiger partial charge in [0.2, 0.25) is 5.95 Å². The third-order valence-electron chi connectivity index (χ3n) is 4.87. The molecular formula is C19H19FN6O. The average molecular weight is 366 g/mol. The molecule has 4 rings (SSSR count). The summed E-state index contributed by atoms with van der Waals surface area (Å²) < 4.78 is 15.7. The first-order chi connectivity index (χ1) is 13.0. The Morgan fingerprint density at radius 1 is 1.33 bits per heavy atom. The lowest BCUT2D eigenvalue weighted by Gasteiger charge is -2.35. The van der Waals surface area contributed by atoms with Crippen LogP contribution in [0.1, 0.15) is 17.7 Å². The number of anilines is 1. The Morgan fingerprint density at radius 2 is 2.19 bits per heavy atom. The van der Waals surface area contributed by atoms with Gasteiger partial charge in [0.15, 0.2) is 0 Å². The molecule has 7 nitrogen and oxygen atoms in total. The van der Waals surface area contributed by atoms with Crippen LogP contribution in [-0.4, -0.2) is 44.9 Å². The largest absolute Gasteiger partial charge is 0.391 e. The topological polar surface area (TPSA) is 104 Å². The second kappa shape index (κ2) is 6.95. The van der Waals surface area contributed by atoms with Crippen LogP contribution >= 0.6 is 0 Å². The van der Waals surface area contributed by atoms with E-state index in [1.807, 2.05) is 9.47 Å². The van der Waals surface area contributed by atoms with Crippen molar-refractivity contribution in [2.24, 2.45) is 5.73 Å². The van der Waals surface area contributed by atoms with Crippen molar-refractivity contribution >= 4 is 17.0 Å². The standard InChI is InChI=1S/C19H19FN6O/c20-13-2-4-17-16(7-13)24-19(25-6-5-18(27)15(22)11-25)26(17)10-14-3-1-12(8-21)9-23-14/h1-4,7,9,15,18,27H,5-6,10-11,22H2/t15-,18+/m1/s1. The normalized spacial score (nSPS) is 20.0. The van der Waals surface area contributed by atoms with Crippen molar-refractivity contribution in [3.05, 3.63) is 53.6 Å². The minimum Gasteiger partial charge on any atom is -0.391 e. The molecule has 0 amide bonds. The van der Waals surface area contributed by atoms with Gasteiger partial charge in [0, 0.05) is 31.4 Å². The summed E-state index contributed by atoms with van der Waals surface area (Å²) in [6.07, 6.45) is 1.55. The number of hydrogen-bond acceptors (Lipinski definition) is 6. The van der Waals surface area contributed by atoms with Crippen molar-refractivity contribution in [3.63, 3.8) is 0 Å². The summed E-state index contributed by atoms with van der Waals surface area (Å²) in [5.41, 5.74) is 8.63. The lowest BCUT2D eigenvalue weighted by molar-refractivity contribution is 0.124. The molecule has 1 aromatic carbocycles. The van der Waals surface area contributed by atoms with E-state index in [9.17, 15) is 9.50 Å². The number of imidazole rings is 1. The Morgan fingerprint density at radius 3 is 2.89 bits per heavy atom. The van der Waals surface area contributed by atoms with Crippen LogP contribution in [0.25, 0.3) is 11.0 Å². The Hall–Kier alpha value is -3.02. The van der Waals surface area contributed by atoms with Gasteiger partial charge in [-0.3, -0.25) is 4.98 Å².